The van der Waals surface area contributed by atoms with Crippen LogP contribution in [0.5, 0.6) is 0 Å². The number of carbonyl (C=O) groups is 12. The van der Waals surface area contributed by atoms with Crippen LogP contribution in [0.2, 0.25) is 0 Å². The van der Waals surface area contributed by atoms with Crippen LogP contribution in [0, 0.1) is 6.42 Å². The van der Waals surface area contributed by atoms with Crippen LogP contribution in [-0.4, -0.2) is 138 Å². The first-order valence-electron chi connectivity index (χ1n) is 9.26. The van der Waals surface area contributed by atoms with Gasteiger partial charge in [0.1, 0.15) is 0 Å². The molecule has 0 amide bonds. The highest BCUT2D eigenvalue weighted by molar-refractivity contribution is 5.76. The Morgan fingerprint density at radius 3 is 0.674 bits per heavy atom. The zero-order chi connectivity index (χ0) is 37.6. The maximum atomic E-state index is 9.98. The fourth-order valence-corrected chi connectivity index (χ4v) is 0.797. The molecule has 0 aromatic carbocycles. The van der Waals surface area contributed by atoms with Gasteiger partial charge in [-0.15, -0.1) is 0 Å². The van der Waals surface area contributed by atoms with E-state index >= 15 is 0 Å². The molecule has 0 bridgehead atoms. The molecular weight excluding hydrogens is 612 g/mol. The topological polar surface area (TPSA) is 448 Å². The van der Waals surface area contributed by atoms with E-state index in [1.54, 1.807) is 0 Å². The van der Waals surface area contributed by atoms with Crippen LogP contribution in [0.4, 0.5) is 0 Å². The molecule has 0 aliphatic rings. The Bertz CT molecular complexity index is 397. The van der Waals surface area contributed by atoms with Gasteiger partial charge in [-0.25, -0.2) is 0 Å². The predicted octanol–water partition coefficient (Wildman–Crippen LogP) is -1.05. The Hall–Kier alpha value is -6.36. The number of hydrogen-bond acceptors (Lipinski definition) is 12. The van der Waals surface area contributed by atoms with Gasteiger partial charge in [0.15, 0.2) is 0 Å². The number of aliphatic carboxylic acids is 1. The van der Waals surface area contributed by atoms with Gasteiger partial charge in [-0.2, -0.15) is 0 Å². The SMILES string of the molecule is CCCCCC[CH]C(=O)O.O=CO.O=CO.O=CO.O=CO.O=CO.O=CO.O=CO.O=CO.O=CO.O=CO.O=CO. The summed E-state index contributed by atoms with van der Waals surface area (Å²) in [6.07, 6.45) is 6.63. The highest BCUT2D eigenvalue weighted by atomic mass is 16.4. The lowest BCUT2D eigenvalue weighted by Crippen LogP contribution is -1.94. The molecule has 24 heteroatoms. The summed E-state index contributed by atoms with van der Waals surface area (Å²) >= 11 is 0. The van der Waals surface area contributed by atoms with Crippen LogP contribution in [0.15, 0.2) is 0 Å². The smallest absolute Gasteiger partial charge is 0.307 e. The first-order valence-corrected chi connectivity index (χ1v) is 9.26. The summed E-state index contributed by atoms with van der Waals surface area (Å²) in [6, 6.07) is 0. The normalized spacial score (nSPS) is 5.33. The maximum Gasteiger partial charge on any atom is 0.307 e. The molecule has 0 unspecified atom stereocenters. The van der Waals surface area contributed by atoms with Crippen molar-refractivity contribution in [3.05, 3.63) is 6.42 Å². The molecule has 0 aromatic heterocycles. The minimum Gasteiger partial charge on any atom is -0.483 e. The van der Waals surface area contributed by atoms with Gasteiger partial charge in [0, 0.05) is 0 Å². The molecule has 0 spiro atoms. The second-order valence-electron chi connectivity index (χ2n) is 3.55. The summed E-state index contributed by atoms with van der Waals surface area (Å²) in [5.74, 6) is -0.795. The lowest BCUT2D eigenvalue weighted by molar-refractivity contribution is -0.133. The second-order valence-corrected chi connectivity index (χ2v) is 3.55. The minimum atomic E-state index is -0.795. The van der Waals surface area contributed by atoms with Crippen molar-refractivity contribution in [2.45, 2.75) is 39.0 Å². The van der Waals surface area contributed by atoms with Crippen molar-refractivity contribution in [2.24, 2.45) is 0 Å². The quantitative estimate of drug-likeness (QED) is 0.121. The van der Waals surface area contributed by atoms with E-state index < -0.39 is 5.97 Å². The van der Waals surface area contributed by atoms with Gasteiger partial charge in [-0.1, -0.05) is 32.6 Å². The van der Waals surface area contributed by atoms with Gasteiger partial charge in [-0.3, -0.25) is 57.5 Å². The molecule has 0 atom stereocenters. The number of unbranched alkanes of at least 4 members (excludes halogenated alkanes) is 4. The van der Waals surface area contributed by atoms with Crippen molar-refractivity contribution in [3.8, 4) is 0 Å². The molecule has 0 aromatic rings. The molecule has 0 saturated heterocycles. The van der Waals surface area contributed by atoms with Crippen molar-refractivity contribution in [1.82, 2.24) is 0 Å². The summed E-state index contributed by atoms with van der Waals surface area (Å²) in [5, 5.41) is 84.0. The zero-order valence-electron chi connectivity index (χ0n) is 22.2. The largest absolute Gasteiger partial charge is 0.483 e. The van der Waals surface area contributed by atoms with E-state index in [1.165, 1.54) is 19.3 Å². The summed E-state index contributed by atoms with van der Waals surface area (Å²) in [5.41, 5.74) is 0. The van der Waals surface area contributed by atoms with Crippen molar-refractivity contribution >= 4 is 77.2 Å². The van der Waals surface area contributed by atoms with E-state index in [0.717, 1.165) is 19.3 Å². The molecule has 1 radical (unpaired) electrons. The van der Waals surface area contributed by atoms with Gasteiger partial charge in [0.05, 0.1) is 6.42 Å². The van der Waals surface area contributed by atoms with Gasteiger partial charge in [-0.05, 0) is 6.42 Å². The van der Waals surface area contributed by atoms with E-state index in [-0.39, 0.29) is 71.2 Å². The van der Waals surface area contributed by atoms with E-state index in [9.17, 15) is 4.79 Å². The van der Waals surface area contributed by atoms with Crippen LogP contribution in [0.25, 0.3) is 0 Å². The molecular formula is C19H37O24. The minimum absolute atomic E-state index is 0.250. The van der Waals surface area contributed by atoms with Crippen LogP contribution in [-0.2, 0) is 57.5 Å². The first kappa shape index (κ1) is 76.7. The Kier molecular flexibility index (Phi) is 410. The Balaban J connectivity index is -0.0000000255. The third kappa shape index (κ3) is 98500. The molecule has 0 aliphatic heterocycles. The standard InChI is InChI=1S/C8H15O2.11CH2O2/c1-2-3-4-5-6-7-8(9)10;11*2-1-3/h7H,2-6H2,1H3,(H,9,10);11*1H,(H,2,3). The Morgan fingerprint density at radius 2 is 0.558 bits per heavy atom. The van der Waals surface area contributed by atoms with E-state index in [0.29, 0.717) is 0 Å². The van der Waals surface area contributed by atoms with Crippen molar-refractivity contribution < 1.29 is 119 Å². The van der Waals surface area contributed by atoms with Gasteiger partial charge >= 0.3 is 5.97 Å². The predicted molar refractivity (Wildman–Crippen MR) is 136 cm³/mol. The highest BCUT2D eigenvalue weighted by Crippen LogP contribution is 2.03. The summed E-state index contributed by atoms with van der Waals surface area (Å²) in [7, 11) is 0. The zero-order valence-corrected chi connectivity index (χ0v) is 22.2. The number of carboxylic acids is 1. The Morgan fingerprint density at radius 1 is 0.395 bits per heavy atom. The third-order valence-electron chi connectivity index (χ3n) is 1.38. The highest BCUT2D eigenvalue weighted by Gasteiger charge is 1.95. The summed E-state index contributed by atoms with van der Waals surface area (Å²) < 4.78 is 0. The number of hydrogen-bond donors (Lipinski definition) is 12. The van der Waals surface area contributed by atoms with Crippen LogP contribution in [0.3, 0.4) is 0 Å². The molecule has 0 heterocycles. The maximum absolute atomic E-state index is 9.98. The van der Waals surface area contributed by atoms with Gasteiger partial charge in [0.25, 0.3) is 71.2 Å². The van der Waals surface area contributed by atoms with E-state index in [4.69, 9.17) is 114 Å². The molecule has 0 aliphatic carbocycles. The first-order chi connectivity index (χ1) is 20.3. The molecule has 257 valence electrons. The molecule has 0 rings (SSSR count). The molecule has 43 heavy (non-hydrogen) atoms. The van der Waals surface area contributed by atoms with Crippen LogP contribution in [0.1, 0.15) is 39.0 Å². The molecule has 0 saturated carbocycles. The van der Waals surface area contributed by atoms with E-state index in [2.05, 4.69) is 6.92 Å². The van der Waals surface area contributed by atoms with E-state index in [1.807, 2.05) is 0 Å². The van der Waals surface area contributed by atoms with Crippen LogP contribution < -0.4 is 0 Å². The Labute approximate surface area is 242 Å². The fraction of sp³-hybridized carbons (Fsp3) is 0.316. The average molecular weight is 649 g/mol. The molecule has 12 N–H and O–H groups in total. The van der Waals surface area contributed by atoms with Crippen molar-refractivity contribution in [2.75, 3.05) is 0 Å². The number of rotatable bonds is 6. The van der Waals surface area contributed by atoms with Gasteiger partial charge in [0.2, 0.25) is 0 Å². The second kappa shape index (κ2) is 230. The van der Waals surface area contributed by atoms with Crippen molar-refractivity contribution in [3.63, 3.8) is 0 Å². The third-order valence-corrected chi connectivity index (χ3v) is 1.38. The molecule has 0 fully saturated rings. The molecule has 24 nitrogen and oxygen atoms in total. The van der Waals surface area contributed by atoms with Gasteiger partial charge < -0.3 is 61.3 Å². The summed E-state index contributed by atoms with van der Waals surface area (Å²) in [4.78, 5) is 102. The number of carboxylic acid groups (broad SMARTS) is 12. The lowest BCUT2D eigenvalue weighted by atomic mass is 10.1. The van der Waals surface area contributed by atoms with Crippen LogP contribution >= 0.6 is 0 Å². The summed E-state index contributed by atoms with van der Waals surface area (Å²) in [6.45, 7) is -0.610. The lowest BCUT2D eigenvalue weighted by Gasteiger charge is -1.94. The monoisotopic (exact) mass is 649 g/mol. The van der Waals surface area contributed by atoms with Crippen molar-refractivity contribution in [1.29, 1.82) is 0 Å². The average Bonchev–Trinajstić information content (AvgIpc) is 2.89. The fourth-order valence-electron chi connectivity index (χ4n) is 0.797.